The maximum absolute atomic E-state index is 13.6. The summed E-state index contributed by atoms with van der Waals surface area (Å²) in [6.07, 6.45) is 3.28. The summed E-state index contributed by atoms with van der Waals surface area (Å²) in [5, 5.41) is 15.2. The van der Waals surface area contributed by atoms with Gasteiger partial charge in [-0.05, 0) is 76.0 Å². The molecule has 0 aromatic heterocycles. The molecule has 1 aliphatic rings. The summed E-state index contributed by atoms with van der Waals surface area (Å²) in [6.45, 7) is 3.81. The number of unbranched alkanes of at least 4 members (excludes halogenated alkanes) is 1. The number of carboxylic acid groups (broad SMARTS) is 1. The van der Waals surface area contributed by atoms with Crippen molar-refractivity contribution >= 4 is 29.7 Å². The zero-order valence-corrected chi connectivity index (χ0v) is 25.5. The second-order valence-corrected chi connectivity index (χ2v) is 11.4. The van der Waals surface area contributed by atoms with E-state index >= 15 is 0 Å². The molecular weight excluding hydrogens is 564 g/mol. The van der Waals surface area contributed by atoms with Crippen molar-refractivity contribution in [1.82, 2.24) is 15.5 Å². The molecule has 3 rings (SSSR count). The van der Waals surface area contributed by atoms with Crippen LogP contribution in [0.2, 0.25) is 0 Å². The third-order valence-corrected chi connectivity index (χ3v) is 8.09. The Balaban J connectivity index is 1.57. The van der Waals surface area contributed by atoms with E-state index in [2.05, 4.69) is 10.6 Å². The lowest BCUT2D eigenvalue weighted by Crippen LogP contribution is -2.62. The van der Waals surface area contributed by atoms with Crippen LogP contribution in [0.5, 0.6) is 0 Å². The Morgan fingerprint density at radius 1 is 1.02 bits per heavy atom. The topological polar surface area (TPSA) is 168 Å². The second kappa shape index (κ2) is 16.6. The molecule has 1 saturated heterocycles. The Morgan fingerprint density at radius 2 is 1.68 bits per heavy atom. The van der Waals surface area contributed by atoms with Crippen molar-refractivity contribution in [2.75, 3.05) is 13.2 Å². The molecule has 11 heteroatoms. The maximum atomic E-state index is 13.6. The van der Waals surface area contributed by atoms with Gasteiger partial charge < -0.3 is 31.1 Å². The van der Waals surface area contributed by atoms with Gasteiger partial charge in [0.15, 0.2) is 0 Å². The number of amides is 3. The van der Waals surface area contributed by atoms with Gasteiger partial charge in [0.05, 0.1) is 18.2 Å². The standard InChI is InChI=1S/C33H44N4O7/c1-3-33(2,36-28(38)25(34)17-10-11-22-44-31(42)24-15-8-5-9-16-24)32(43)35-26(20-19-23-13-6-4-7-14-23)29(39)37-21-12-18-27(37)30(40)41/h4-9,13-16,25-27H,3,10-12,17-22,34H2,1-2H3,(H,35,43)(H,36,38)(H,40,41)/t25-,26-,27+,33-/m0/s1. The van der Waals surface area contributed by atoms with E-state index in [9.17, 15) is 29.1 Å². The van der Waals surface area contributed by atoms with Crippen LogP contribution in [0.25, 0.3) is 0 Å². The molecule has 44 heavy (non-hydrogen) atoms. The highest BCUT2D eigenvalue weighted by molar-refractivity contribution is 5.96. The fourth-order valence-electron chi connectivity index (χ4n) is 5.11. The lowest BCUT2D eigenvalue weighted by molar-refractivity contribution is -0.149. The van der Waals surface area contributed by atoms with Crippen LogP contribution in [0.1, 0.15) is 74.7 Å². The summed E-state index contributed by atoms with van der Waals surface area (Å²) in [5.41, 5.74) is 6.21. The van der Waals surface area contributed by atoms with Crippen LogP contribution in [-0.4, -0.2) is 76.5 Å². The van der Waals surface area contributed by atoms with Crippen LogP contribution in [0, 0.1) is 0 Å². The number of nitrogens with two attached hydrogens (primary N) is 1. The highest BCUT2D eigenvalue weighted by atomic mass is 16.5. The van der Waals surface area contributed by atoms with Crippen LogP contribution in [0.4, 0.5) is 0 Å². The van der Waals surface area contributed by atoms with Gasteiger partial charge in [0.2, 0.25) is 17.7 Å². The van der Waals surface area contributed by atoms with Gasteiger partial charge in [0.25, 0.3) is 0 Å². The van der Waals surface area contributed by atoms with E-state index in [1.54, 1.807) is 38.1 Å². The van der Waals surface area contributed by atoms with Crippen molar-refractivity contribution in [3.05, 3.63) is 71.8 Å². The fourth-order valence-corrected chi connectivity index (χ4v) is 5.11. The molecule has 2 aromatic carbocycles. The fraction of sp³-hybridized carbons (Fsp3) is 0.485. The van der Waals surface area contributed by atoms with E-state index in [0.29, 0.717) is 50.6 Å². The van der Waals surface area contributed by atoms with E-state index in [4.69, 9.17) is 10.5 Å². The van der Waals surface area contributed by atoms with Crippen LogP contribution in [0.15, 0.2) is 60.7 Å². The van der Waals surface area contributed by atoms with E-state index in [-0.39, 0.29) is 19.4 Å². The molecule has 0 unspecified atom stereocenters. The zero-order chi connectivity index (χ0) is 32.1. The zero-order valence-electron chi connectivity index (χ0n) is 25.5. The normalized spacial score (nSPS) is 17.2. The van der Waals surface area contributed by atoms with Gasteiger partial charge >= 0.3 is 11.9 Å². The molecule has 0 aliphatic carbocycles. The molecule has 4 atom stereocenters. The number of aliphatic carboxylic acids is 1. The molecule has 1 aliphatic heterocycles. The number of carboxylic acids is 1. The first kappa shape index (κ1) is 34.2. The summed E-state index contributed by atoms with van der Waals surface area (Å²) in [5.74, 6) is -3.00. The summed E-state index contributed by atoms with van der Waals surface area (Å²) in [6, 6.07) is 15.4. The number of benzene rings is 2. The van der Waals surface area contributed by atoms with Crippen LogP contribution < -0.4 is 16.4 Å². The van der Waals surface area contributed by atoms with Gasteiger partial charge in [-0.25, -0.2) is 9.59 Å². The summed E-state index contributed by atoms with van der Waals surface area (Å²) in [4.78, 5) is 65.3. The number of hydrogen-bond acceptors (Lipinski definition) is 7. The molecule has 3 amide bonds. The predicted octanol–water partition coefficient (Wildman–Crippen LogP) is 2.82. The smallest absolute Gasteiger partial charge is 0.338 e. The van der Waals surface area contributed by atoms with Crippen molar-refractivity contribution in [3.63, 3.8) is 0 Å². The molecule has 0 saturated carbocycles. The first-order chi connectivity index (χ1) is 21.1. The van der Waals surface area contributed by atoms with Crippen molar-refractivity contribution < 1.29 is 33.8 Å². The average molecular weight is 609 g/mol. The van der Waals surface area contributed by atoms with Crippen LogP contribution in [0.3, 0.4) is 0 Å². The predicted molar refractivity (Wildman–Crippen MR) is 164 cm³/mol. The molecule has 1 heterocycles. The minimum atomic E-state index is -1.36. The molecule has 0 bridgehead atoms. The number of aryl methyl sites for hydroxylation is 1. The van der Waals surface area contributed by atoms with Crippen molar-refractivity contribution in [2.24, 2.45) is 5.73 Å². The number of hydrogen-bond donors (Lipinski definition) is 4. The molecule has 5 N–H and O–H groups in total. The summed E-state index contributed by atoms with van der Waals surface area (Å²) < 4.78 is 5.26. The molecule has 0 radical (unpaired) electrons. The maximum Gasteiger partial charge on any atom is 0.338 e. The quantitative estimate of drug-likeness (QED) is 0.167. The number of ether oxygens (including phenoxy) is 1. The number of esters is 1. The highest BCUT2D eigenvalue weighted by Gasteiger charge is 2.40. The first-order valence-corrected chi connectivity index (χ1v) is 15.2. The van der Waals surface area contributed by atoms with Crippen LogP contribution in [-0.2, 0) is 30.3 Å². The Labute approximate surface area is 258 Å². The van der Waals surface area contributed by atoms with Crippen molar-refractivity contribution in [2.45, 2.75) is 88.9 Å². The van der Waals surface area contributed by atoms with Gasteiger partial charge in [0.1, 0.15) is 17.6 Å². The molecule has 2 aromatic rings. The lowest BCUT2D eigenvalue weighted by atomic mass is 9.95. The van der Waals surface area contributed by atoms with E-state index < -0.39 is 53.3 Å². The summed E-state index contributed by atoms with van der Waals surface area (Å²) in [7, 11) is 0. The van der Waals surface area contributed by atoms with Gasteiger partial charge in [-0.15, -0.1) is 0 Å². The Hall–Kier alpha value is -4.25. The number of nitrogens with one attached hydrogen (secondary N) is 2. The first-order valence-electron chi connectivity index (χ1n) is 15.2. The van der Waals surface area contributed by atoms with Crippen molar-refractivity contribution in [3.8, 4) is 0 Å². The molecule has 11 nitrogen and oxygen atoms in total. The second-order valence-electron chi connectivity index (χ2n) is 11.4. The van der Waals surface area contributed by atoms with Gasteiger partial charge in [-0.2, -0.15) is 0 Å². The lowest BCUT2D eigenvalue weighted by Gasteiger charge is -2.33. The molecule has 0 spiro atoms. The SMILES string of the molecule is CC[C@](C)(NC(=O)[C@@H](N)CCCCOC(=O)c1ccccc1)C(=O)N[C@@H](CCc1ccccc1)C(=O)N1CCC[C@@H]1C(=O)O. The minimum Gasteiger partial charge on any atom is -0.480 e. The van der Waals surface area contributed by atoms with Gasteiger partial charge in [0, 0.05) is 6.54 Å². The van der Waals surface area contributed by atoms with Crippen molar-refractivity contribution in [1.29, 1.82) is 0 Å². The third kappa shape index (κ3) is 9.63. The Morgan fingerprint density at radius 3 is 2.32 bits per heavy atom. The van der Waals surface area contributed by atoms with Gasteiger partial charge in [-0.3, -0.25) is 14.4 Å². The number of likely N-dealkylation sites (tertiary alicyclic amines) is 1. The molecule has 1 fully saturated rings. The third-order valence-electron chi connectivity index (χ3n) is 8.09. The highest BCUT2D eigenvalue weighted by Crippen LogP contribution is 2.21. The van der Waals surface area contributed by atoms with E-state index in [1.165, 1.54) is 4.90 Å². The largest absolute Gasteiger partial charge is 0.480 e. The number of carbonyl (C=O) groups is 5. The summed E-state index contributed by atoms with van der Waals surface area (Å²) >= 11 is 0. The Bertz CT molecular complexity index is 1270. The molecular formula is C33H44N4O7. The average Bonchev–Trinajstić information content (AvgIpc) is 3.53. The van der Waals surface area contributed by atoms with Gasteiger partial charge in [-0.1, -0.05) is 55.5 Å². The molecule has 238 valence electrons. The number of rotatable bonds is 16. The van der Waals surface area contributed by atoms with E-state index in [0.717, 1.165) is 5.56 Å². The number of nitrogens with zero attached hydrogens (tertiary/aromatic N) is 1. The Kier molecular flexibility index (Phi) is 12.9. The van der Waals surface area contributed by atoms with Crippen LogP contribution >= 0.6 is 0 Å². The monoisotopic (exact) mass is 608 g/mol. The van der Waals surface area contributed by atoms with E-state index in [1.807, 2.05) is 36.4 Å². The number of carbonyl (C=O) groups excluding carboxylic acids is 4. The minimum absolute atomic E-state index is 0.190.